The van der Waals surface area contributed by atoms with Gasteiger partial charge in [0.05, 0.1) is 5.69 Å². The summed E-state index contributed by atoms with van der Waals surface area (Å²) in [5, 5.41) is 12.5. The second-order valence-corrected chi connectivity index (χ2v) is 4.44. The van der Waals surface area contributed by atoms with Gasteiger partial charge in [-0.05, 0) is 33.2 Å². The van der Waals surface area contributed by atoms with E-state index < -0.39 is 0 Å². The van der Waals surface area contributed by atoms with Gasteiger partial charge >= 0.3 is 0 Å². The van der Waals surface area contributed by atoms with Crippen molar-refractivity contribution in [3.63, 3.8) is 0 Å². The van der Waals surface area contributed by atoms with Crippen LogP contribution in [-0.2, 0) is 0 Å². The van der Waals surface area contributed by atoms with Crippen LogP contribution in [0.3, 0.4) is 0 Å². The van der Waals surface area contributed by atoms with E-state index in [-0.39, 0.29) is 0 Å². The molecule has 1 aliphatic heterocycles. The van der Waals surface area contributed by atoms with Gasteiger partial charge in [0.25, 0.3) is 0 Å². The second kappa shape index (κ2) is 5.15. The lowest BCUT2D eigenvalue weighted by Gasteiger charge is -2.14. The number of aryl methyl sites for hydroxylation is 2. The summed E-state index contributed by atoms with van der Waals surface area (Å²) in [6.07, 6.45) is 2.35. The minimum Gasteiger partial charge on any atom is -0.490 e. The highest BCUT2D eigenvalue weighted by Gasteiger charge is 2.16. The molecule has 0 aliphatic carbocycles. The molecular weight excluding hydrogens is 214 g/mol. The first-order chi connectivity index (χ1) is 8.20. The number of hydrogen-bond donors (Lipinski definition) is 1. The Morgan fingerprint density at radius 3 is 3.06 bits per heavy atom. The van der Waals surface area contributed by atoms with Crippen LogP contribution in [0.15, 0.2) is 6.07 Å². The maximum atomic E-state index is 9.10. The van der Waals surface area contributed by atoms with E-state index in [9.17, 15) is 0 Å². The molecule has 0 aromatic carbocycles. The number of nitrogens with zero attached hydrogens (tertiary/aromatic N) is 2. The zero-order valence-electron chi connectivity index (χ0n) is 10.3. The molecule has 0 radical (unpaired) electrons. The van der Waals surface area contributed by atoms with Crippen molar-refractivity contribution < 1.29 is 4.74 Å². The molecule has 1 atom stereocenters. The van der Waals surface area contributed by atoms with Crippen molar-refractivity contribution in [2.75, 3.05) is 13.2 Å². The molecule has 4 heteroatoms. The summed E-state index contributed by atoms with van der Waals surface area (Å²) in [6, 6.07) is 4.40. The fourth-order valence-electron chi connectivity index (χ4n) is 2.13. The van der Waals surface area contributed by atoms with Gasteiger partial charge in [0.1, 0.15) is 24.0 Å². The van der Waals surface area contributed by atoms with Gasteiger partial charge in [0, 0.05) is 17.8 Å². The van der Waals surface area contributed by atoms with E-state index in [1.165, 1.54) is 6.42 Å². The number of ether oxygens (including phenoxy) is 1. The lowest BCUT2D eigenvalue weighted by molar-refractivity contribution is 0.276. The highest BCUT2D eigenvalue weighted by atomic mass is 16.5. The maximum Gasteiger partial charge on any atom is 0.140 e. The predicted molar refractivity (Wildman–Crippen MR) is 64.9 cm³/mol. The molecule has 1 aliphatic rings. The van der Waals surface area contributed by atoms with Crippen molar-refractivity contribution in [3.8, 4) is 11.8 Å². The molecule has 1 N–H and O–H groups in total. The Morgan fingerprint density at radius 2 is 2.41 bits per heavy atom. The molecule has 1 unspecified atom stereocenters. The first-order valence-corrected chi connectivity index (χ1v) is 5.95. The van der Waals surface area contributed by atoms with E-state index in [0.29, 0.717) is 24.0 Å². The first-order valence-electron chi connectivity index (χ1n) is 5.95. The minimum absolute atomic E-state index is 0.412. The van der Waals surface area contributed by atoms with Crippen LogP contribution in [0.25, 0.3) is 0 Å². The summed E-state index contributed by atoms with van der Waals surface area (Å²) in [6.45, 7) is 5.44. The smallest absolute Gasteiger partial charge is 0.140 e. The molecule has 90 valence electrons. The third-order valence-electron chi connectivity index (χ3n) is 3.01. The summed E-state index contributed by atoms with van der Waals surface area (Å²) in [7, 11) is 0. The molecule has 0 bridgehead atoms. The van der Waals surface area contributed by atoms with Crippen molar-refractivity contribution in [2.24, 2.45) is 0 Å². The standard InChI is InChI=1S/C13H17N3O/c1-9-6-13(12(7-14)10(2)16-9)17-8-11-4-3-5-15-11/h6,11,15H,3-5,8H2,1-2H3. The predicted octanol–water partition coefficient (Wildman–Crippen LogP) is 1.70. The Hall–Kier alpha value is -1.60. The van der Waals surface area contributed by atoms with Gasteiger partial charge in [-0.25, -0.2) is 0 Å². The Kier molecular flexibility index (Phi) is 3.60. The van der Waals surface area contributed by atoms with E-state index in [1.807, 2.05) is 19.9 Å². The van der Waals surface area contributed by atoms with Gasteiger partial charge in [-0.2, -0.15) is 5.26 Å². The third kappa shape index (κ3) is 2.75. The second-order valence-electron chi connectivity index (χ2n) is 4.44. The van der Waals surface area contributed by atoms with Crippen molar-refractivity contribution in [2.45, 2.75) is 32.7 Å². The summed E-state index contributed by atoms with van der Waals surface area (Å²) in [4.78, 5) is 4.27. The van der Waals surface area contributed by atoms with Crippen LogP contribution in [0.5, 0.6) is 5.75 Å². The summed E-state index contributed by atoms with van der Waals surface area (Å²) in [5.74, 6) is 0.659. The molecule has 1 fully saturated rings. The molecule has 2 rings (SSSR count). The van der Waals surface area contributed by atoms with E-state index in [1.54, 1.807) is 0 Å². The molecule has 1 aromatic rings. The van der Waals surface area contributed by atoms with E-state index >= 15 is 0 Å². The number of pyridine rings is 1. The van der Waals surface area contributed by atoms with Crippen molar-refractivity contribution in [1.29, 1.82) is 5.26 Å². The summed E-state index contributed by atoms with van der Waals surface area (Å²) in [5.41, 5.74) is 2.17. The van der Waals surface area contributed by atoms with Gasteiger partial charge < -0.3 is 10.1 Å². The average molecular weight is 231 g/mol. The van der Waals surface area contributed by atoms with Gasteiger partial charge in [-0.1, -0.05) is 0 Å². The van der Waals surface area contributed by atoms with Crippen LogP contribution in [0.1, 0.15) is 29.8 Å². The molecule has 0 amide bonds. The number of nitriles is 1. The van der Waals surface area contributed by atoms with Crippen LogP contribution < -0.4 is 10.1 Å². The quantitative estimate of drug-likeness (QED) is 0.860. The molecule has 0 saturated carbocycles. The third-order valence-corrected chi connectivity index (χ3v) is 3.01. The zero-order chi connectivity index (χ0) is 12.3. The number of nitrogens with one attached hydrogen (secondary N) is 1. The number of aromatic nitrogens is 1. The minimum atomic E-state index is 0.412. The molecule has 1 saturated heterocycles. The Labute approximate surface area is 102 Å². The summed E-state index contributed by atoms with van der Waals surface area (Å²) < 4.78 is 5.75. The Morgan fingerprint density at radius 1 is 1.59 bits per heavy atom. The van der Waals surface area contributed by atoms with Crippen molar-refractivity contribution in [1.82, 2.24) is 10.3 Å². The summed E-state index contributed by atoms with van der Waals surface area (Å²) >= 11 is 0. The van der Waals surface area contributed by atoms with Crippen LogP contribution in [0.4, 0.5) is 0 Å². The fourth-order valence-corrected chi connectivity index (χ4v) is 2.13. The van der Waals surface area contributed by atoms with Crippen LogP contribution in [-0.4, -0.2) is 24.2 Å². The molecular formula is C13H17N3O. The zero-order valence-corrected chi connectivity index (χ0v) is 10.3. The number of hydrogen-bond acceptors (Lipinski definition) is 4. The highest BCUT2D eigenvalue weighted by Crippen LogP contribution is 2.22. The van der Waals surface area contributed by atoms with E-state index in [0.717, 1.165) is 24.4 Å². The molecule has 0 spiro atoms. The molecule has 2 heterocycles. The first kappa shape index (κ1) is 11.9. The van der Waals surface area contributed by atoms with Crippen LogP contribution in [0.2, 0.25) is 0 Å². The topological polar surface area (TPSA) is 57.9 Å². The lowest BCUT2D eigenvalue weighted by atomic mass is 10.2. The van der Waals surface area contributed by atoms with Crippen LogP contribution >= 0.6 is 0 Å². The monoisotopic (exact) mass is 231 g/mol. The van der Waals surface area contributed by atoms with Gasteiger partial charge in [0.2, 0.25) is 0 Å². The molecule has 4 nitrogen and oxygen atoms in total. The largest absolute Gasteiger partial charge is 0.490 e. The van der Waals surface area contributed by atoms with Gasteiger partial charge in [-0.3, -0.25) is 4.98 Å². The fraction of sp³-hybridized carbons (Fsp3) is 0.538. The van der Waals surface area contributed by atoms with E-state index in [4.69, 9.17) is 10.00 Å². The Balaban J connectivity index is 2.11. The molecule has 17 heavy (non-hydrogen) atoms. The van der Waals surface area contributed by atoms with Gasteiger partial charge in [-0.15, -0.1) is 0 Å². The highest BCUT2D eigenvalue weighted by molar-refractivity contribution is 5.46. The van der Waals surface area contributed by atoms with Crippen molar-refractivity contribution >= 4 is 0 Å². The SMILES string of the molecule is Cc1cc(OCC2CCCN2)c(C#N)c(C)n1. The molecule has 1 aromatic heterocycles. The van der Waals surface area contributed by atoms with Crippen LogP contribution in [0, 0.1) is 25.2 Å². The van der Waals surface area contributed by atoms with Crippen molar-refractivity contribution in [3.05, 3.63) is 23.0 Å². The normalized spacial score (nSPS) is 19.0. The lowest BCUT2D eigenvalue weighted by Crippen LogP contribution is -2.28. The average Bonchev–Trinajstić information content (AvgIpc) is 2.78. The van der Waals surface area contributed by atoms with Gasteiger partial charge in [0.15, 0.2) is 0 Å². The Bertz CT molecular complexity index is 445. The number of rotatable bonds is 3. The maximum absolute atomic E-state index is 9.10. The van der Waals surface area contributed by atoms with E-state index in [2.05, 4.69) is 16.4 Å².